The fourth-order valence-electron chi connectivity index (χ4n) is 1.59. The second kappa shape index (κ2) is 4.45. The average Bonchev–Trinajstić information content (AvgIpc) is 2.26. The Morgan fingerprint density at radius 2 is 1.94 bits per heavy atom. The van der Waals surface area contributed by atoms with Crippen LogP contribution in [0.3, 0.4) is 0 Å². The van der Waals surface area contributed by atoms with Crippen LogP contribution in [0.25, 0.3) is 11.4 Å². The second-order valence-electron chi connectivity index (χ2n) is 3.80. The van der Waals surface area contributed by atoms with Gasteiger partial charge < -0.3 is 5.73 Å². The van der Waals surface area contributed by atoms with E-state index in [0.717, 1.165) is 5.56 Å². The summed E-state index contributed by atoms with van der Waals surface area (Å²) in [6, 6.07) is 4.66. The monoisotopic (exact) mass is 232 g/mol. The van der Waals surface area contributed by atoms with Crippen LogP contribution < -0.4 is 5.73 Å². The summed E-state index contributed by atoms with van der Waals surface area (Å²) in [7, 11) is 0. The summed E-state index contributed by atoms with van der Waals surface area (Å²) in [5.41, 5.74) is 7.03. The van der Waals surface area contributed by atoms with E-state index in [-0.39, 0.29) is 11.8 Å². The van der Waals surface area contributed by atoms with Gasteiger partial charge in [-0.25, -0.2) is 9.37 Å². The third-order valence-corrected chi connectivity index (χ3v) is 2.32. The van der Waals surface area contributed by atoms with E-state index in [1.807, 2.05) is 19.9 Å². The predicted molar refractivity (Wildman–Crippen MR) is 63.7 cm³/mol. The molecule has 1 heterocycles. The van der Waals surface area contributed by atoms with Crippen LogP contribution in [0.4, 0.5) is 10.3 Å². The molecule has 17 heavy (non-hydrogen) atoms. The Labute approximate surface area is 98.7 Å². The molecule has 2 aromatic rings. The lowest BCUT2D eigenvalue weighted by Gasteiger charge is -2.04. The molecule has 5 heteroatoms. The molecule has 0 bridgehead atoms. The molecule has 2 N–H and O–H groups in total. The molecule has 0 aliphatic heterocycles. The molecule has 0 spiro atoms. The highest BCUT2D eigenvalue weighted by Gasteiger charge is 2.07. The second-order valence-corrected chi connectivity index (χ2v) is 3.80. The van der Waals surface area contributed by atoms with Crippen LogP contribution in [0.1, 0.15) is 18.3 Å². The van der Waals surface area contributed by atoms with Gasteiger partial charge >= 0.3 is 0 Å². The van der Waals surface area contributed by atoms with Gasteiger partial charge in [-0.15, -0.1) is 0 Å². The van der Waals surface area contributed by atoms with Crippen LogP contribution in [0.15, 0.2) is 18.2 Å². The lowest BCUT2D eigenvalue weighted by Crippen LogP contribution is -2.04. The molecule has 1 aromatic heterocycles. The Morgan fingerprint density at radius 3 is 2.59 bits per heavy atom. The van der Waals surface area contributed by atoms with Crippen molar-refractivity contribution in [2.45, 2.75) is 20.3 Å². The lowest BCUT2D eigenvalue weighted by atomic mass is 10.1. The number of benzene rings is 1. The molecule has 4 nitrogen and oxygen atoms in total. The van der Waals surface area contributed by atoms with Gasteiger partial charge in [0.1, 0.15) is 11.6 Å². The highest BCUT2D eigenvalue weighted by atomic mass is 19.1. The van der Waals surface area contributed by atoms with Crippen molar-refractivity contribution in [2.75, 3.05) is 5.73 Å². The first kappa shape index (κ1) is 11.4. The van der Waals surface area contributed by atoms with Gasteiger partial charge in [-0.3, -0.25) is 0 Å². The van der Waals surface area contributed by atoms with Crippen LogP contribution in [0.2, 0.25) is 0 Å². The molecule has 0 saturated heterocycles. The minimum atomic E-state index is -0.308. The smallest absolute Gasteiger partial charge is 0.223 e. The van der Waals surface area contributed by atoms with Crippen LogP contribution in [-0.4, -0.2) is 15.0 Å². The summed E-state index contributed by atoms with van der Waals surface area (Å²) >= 11 is 0. The number of nitrogen functional groups attached to an aromatic ring is 1. The Hall–Kier alpha value is -2.04. The minimum Gasteiger partial charge on any atom is -0.368 e. The first-order valence-corrected chi connectivity index (χ1v) is 5.36. The van der Waals surface area contributed by atoms with Gasteiger partial charge in [0.05, 0.1) is 0 Å². The standard InChI is InChI=1S/C12H13FN4/c1-3-10-15-11(17-12(14)16-10)8-4-7(2)5-9(13)6-8/h4-6H,3H2,1-2H3,(H2,14,15,16,17). The van der Waals surface area contributed by atoms with E-state index in [2.05, 4.69) is 15.0 Å². The van der Waals surface area contributed by atoms with Crippen molar-refractivity contribution in [3.63, 3.8) is 0 Å². The van der Waals surface area contributed by atoms with Crippen molar-refractivity contribution in [3.8, 4) is 11.4 Å². The molecule has 0 saturated carbocycles. The largest absolute Gasteiger partial charge is 0.368 e. The molecule has 0 radical (unpaired) electrons. The highest BCUT2D eigenvalue weighted by Crippen LogP contribution is 2.19. The van der Waals surface area contributed by atoms with Gasteiger partial charge in [-0.2, -0.15) is 9.97 Å². The summed E-state index contributed by atoms with van der Waals surface area (Å²) in [6.45, 7) is 3.74. The normalized spacial score (nSPS) is 10.5. The van der Waals surface area contributed by atoms with Gasteiger partial charge in [-0.05, 0) is 30.7 Å². The van der Waals surface area contributed by atoms with Crippen molar-refractivity contribution in [3.05, 3.63) is 35.4 Å². The van der Waals surface area contributed by atoms with E-state index >= 15 is 0 Å². The number of nitrogens with two attached hydrogens (primary N) is 1. The van der Waals surface area contributed by atoms with Crippen molar-refractivity contribution in [2.24, 2.45) is 0 Å². The zero-order valence-electron chi connectivity index (χ0n) is 9.74. The first-order chi connectivity index (χ1) is 8.08. The maximum atomic E-state index is 13.3. The van der Waals surface area contributed by atoms with E-state index in [1.165, 1.54) is 12.1 Å². The Balaban J connectivity index is 2.55. The van der Waals surface area contributed by atoms with E-state index in [9.17, 15) is 4.39 Å². The van der Waals surface area contributed by atoms with Crippen LogP contribution in [-0.2, 0) is 6.42 Å². The summed E-state index contributed by atoms with van der Waals surface area (Å²) in [6.07, 6.45) is 0.661. The molecule has 0 aliphatic rings. The van der Waals surface area contributed by atoms with Crippen molar-refractivity contribution < 1.29 is 4.39 Å². The van der Waals surface area contributed by atoms with Crippen molar-refractivity contribution in [1.82, 2.24) is 15.0 Å². The third-order valence-electron chi connectivity index (χ3n) is 2.32. The molecular weight excluding hydrogens is 219 g/mol. The molecule has 0 atom stereocenters. The average molecular weight is 232 g/mol. The minimum absolute atomic E-state index is 0.161. The molecule has 0 fully saturated rings. The maximum absolute atomic E-state index is 13.3. The fourth-order valence-corrected chi connectivity index (χ4v) is 1.59. The Morgan fingerprint density at radius 1 is 1.18 bits per heavy atom. The van der Waals surface area contributed by atoms with Crippen LogP contribution in [0, 0.1) is 12.7 Å². The van der Waals surface area contributed by atoms with Crippen LogP contribution >= 0.6 is 0 Å². The first-order valence-electron chi connectivity index (χ1n) is 5.36. The molecular formula is C12H13FN4. The van der Waals surface area contributed by atoms with E-state index in [0.29, 0.717) is 23.6 Å². The number of halogens is 1. The summed E-state index contributed by atoms with van der Waals surface area (Å²) in [4.78, 5) is 12.2. The van der Waals surface area contributed by atoms with E-state index in [4.69, 9.17) is 5.73 Å². The van der Waals surface area contributed by atoms with Gasteiger partial charge in [0.2, 0.25) is 5.95 Å². The predicted octanol–water partition coefficient (Wildman–Crippen LogP) is 2.13. The summed E-state index contributed by atoms with van der Waals surface area (Å²) in [5, 5.41) is 0. The number of hydrogen-bond donors (Lipinski definition) is 1. The van der Waals surface area contributed by atoms with Gasteiger partial charge in [-0.1, -0.05) is 6.92 Å². The third kappa shape index (κ3) is 2.55. The zero-order chi connectivity index (χ0) is 12.4. The number of rotatable bonds is 2. The van der Waals surface area contributed by atoms with E-state index < -0.39 is 0 Å². The molecule has 1 aromatic carbocycles. The topological polar surface area (TPSA) is 64.7 Å². The number of aromatic nitrogens is 3. The van der Waals surface area contributed by atoms with Gasteiger partial charge in [0.15, 0.2) is 5.82 Å². The molecule has 0 unspecified atom stereocenters. The Kier molecular flexibility index (Phi) is 2.99. The van der Waals surface area contributed by atoms with Crippen LogP contribution in [0.5, 0.6) is 0 Å². The number of hydrogen-bond acceptors (Lipinski definition) is 4. The molecule has 0 aliphatic carbocycles. The highest BCUT2D eigenvalue weighted by molar-refractivity contribution is 5.57. The summed E-state index contributed by atoms with van der Waals surface area (Å²) in [5.74, 6) is 0.872. The number of aryl methyl sites for hydroxylation is 2. The van der Waals surface area contributed by atoms with Crippen molar-refractivity contribution in [1.29, 1.82) is 0 Å². The fraction of sp³-hybridized carbons (Fsp3) is 0.250. The van der Waals surface area contributed by atoms with E-state index in [1.54, 1.807) is 0 Å². The Bertz CT molecular complexity index is 534. The quantitative estimate of drug-likeness (QED) is 0.861. The molecule has 0 amide bonds. The molecule has 88 valence electrons. The SMILES string of the molecule is CCc1nc(N)nc(-c2cc(C)cc(F)c2)n1. The molecule has 2 rings (SSSR count). The van der Waals surface area contributed by atoms with Crippen molar-refractivity contribution >= 4 is 5.95 Å². The maximum Gasteiger partial charge on any atom is 0.223 e. The number of nitrogens with zero attached hydrogens (tertiary/aromatic N) is 3. The van der Waals surface area contributed by atoms with Gasteiger partial charge in [0, 0.05) is 12.0 Å². The zero-order valence-corrected chi connectivity index (χ0v) is 9.74. The number of anilines is 1. The lowest BCUT2D eigenvalue weighted by molar-refractivity contribution is 0.627. The summed E-state index contributed by atoms with van der Waals surface area (Å²) < 4.78 is 13.3. The van der Waals surface area contributed by atoms with Gasteiger partial charge in [0.25, 0.3) is 0 Å².